The lowest BCUT2D eigenvalue weighted by atomic mass is 9.86. The van der Waals surface area contributed by atoms with E-state index in [4.69, 9.17) is 23.9 Å². The van der Waals surface area contributed by atoms with Gasteiger partial charge in [-0.3, -0.25) is 4.79 Å². The third kappa shape index (κ3) is 4.58. The van der Waals surface area contributed by atoms with Crippen molar-refractivity contribution >= 4 is 23.0 Å². The monoisotopic (exact) mass is 604 g/mol. The first-order valence-corrected chi connectivity index (χ1v) is 15.1. The van der Waals surface area contributed by atoms with Crippen molar-refractivity contribution in [3.05, 3.63) is 50.8 Å². The van der Waals surface area contributed by atoms with E-state index in [9.17, 15) is 19.5 Å². The number of pyridine rings is 2. The zero-order valence-corrected chi connectivity index (χ0v) is 25.3. The van der Waals surface area contributed by atoms with Crippen molar-refractivity contribution in [3.8, 4) is 22.9 Å². The van der Waals surface area contributed by atoms with Gasteiger partial charge in [0.05, 0.1) is 29.0 Å². The average Bonchev–Trinajstić information content (AvgIpc) is 3.60. The number of fused-ring (bicyclic) bond motifs is 6. The number of cyclic esters (lactones) is 1. The maximum absolute atomic E-state index is 13.8. The minimum Gasteiger partial charge on any atom is -0.458 e. The number of carbonyl (C=O) groups is 2. The molecule has 4 aliphatic rings. The molecule has 0 bridgehead atoms. The fraction of sp³-hybridized carbons (Fsp3) is 0.500. The zero-order chi connectivity index (χ0) is 31.0. The Hall–Kier alpha value is -4.16. The van der Waals surface area contributed by atoms with Gasteiger partial charge >= 0.3 is 12.1 Å². The lowest BCUT2D eigenvalue weighted by Crippen LogP contribution is -2.46. The van der Waals surface area contributed by atoms with Gasteiger partial charge in [-0.05, 0) is 57.7 Å². The van der Waals surface area contributed by atoms with E-state index in [0.29, 0.717) is 54.6 Å². The van der Waals surface area contributed by atoms with E-state index >= 15 is 0 Å². The molecule has 0 radical (unpaired) electrons. The molecule has 12 heteroatoms. The van der Waals surface area contributed by atoms with Gasteiger partial charge in [-0.1, -0.05) is 6.92 Å². The summed E-state index contributed by atoms with van der Waals surface area (Å²) < 4.78 is 23.7. The highest BCUT2D eigenvalue weighted by atomic mass is 16.7. The summed E-state index contributed by atoms with van der Waals surface area (Å²) >= 11 is 0. The van der Waals surface area contributed by atoms with E-state index < -0.39 is 17.2 Å². The Morgan fingerprint density at radius 1 is 1.11 bits per heavy atom. The highest BCUT2D eigenvalue weighted by Crippen LogP contribution is 2.43. The number of hydrogen-bond acceptors (Lipinski definition) is 10. The summed E-state index contributed by atoms with van der Waals surface area (Å²) in [6.07, 6.45) is 1.32. The molecular formula is C32H36N4O8. The Bertz CT molecular complexity index is 1770. The molecule has 1 atom stereocenters. The normalized spacial score (nSPS) is 20.8. The van der Waals surface area contributed by atoms with Crippen molar-refractivity contribution in [1.29, 1.82) is 0 Å². The molecule has 2 aromatic heterocycles. The van der Waals surface area contributed by atoms with Gasteiger partial charge in [0.2, 0.25) is 6.79 Å². The molecule has 1 fully saturated rings. The van der Waals surface area contributed by atoms with E-state index in [1.807, 2.05) is 32.9 Å². The Balaban J connectivity index is 1.24. The molecule has 3 aromatic rings. The number of amides is 1. The molecule has 7 rings (SSSR count). The van der Waals surface area contributed by atoms with E-state index in [1.165, 1.54) is 0 Å². The van der Waals surface area contributed by atoms with E-state index in [1.54, 1.807) is 22.5 Å². The maximum Gasteiger partial charge on any atom is 0.410 e. The number of carbonyl (C=O) groups excluding carboxylic acids is 2. The van der Waals surface area contributed by atoms with Gasteiger partial charge in [-0.25, -0.2) is 14.6 Å². The molecule has 0 unspecified atom stereocenters. The van der Waals surface area contributed by atoms with E-state index in [0.717, 1.165) is 29.4 Å². The number of hydrogen-bond donors (Lipinski definition) is 2. The molecule has 0 aliphatic carbocycles. The second-order valence-corrected chi connectivity index (χ2v) is 12.9. The Morgan fingerprint density at radius 3 is 2.55 bits per heavy atom. The minimum absolute atomic E-state index is 0.0745. The lowest BCUT2D eigenvalue weighted by Gasteiger charge is -2.34. The van der Waals surface area contributed by atoms with Gasteiger partial charge in [-0.15, -0.1) is 0 Å². The molecule has 2 N–H and O–H groups in total. The summed E-state index contributed by atoms with van der Waals surface area (Å²) in [5.41, 5.74) is 1.57. The fourth-order valence-corrected chi connectivity index (χ4v) is 6.59. The molecule has 232 valence electrons. The van der Waals surface area contributed by atoms with Crippen LogP contribution in [0.2, 0.25) is 0 Å². The zero-order valence-electron chi connectivity index (χ0n) is 25.3. The SMILES string of the molecule is CC[C@@]1(O)C(=O)OCc2c1cc1n(c2=O)Cc2c-1nc1cc3c(cc1c2CNC1CCN(C(=O)OC(C)(C)C)CC1)OCO3. The number of likely N-dealkylation sites (tertiary alicyclic amines) is 1. The number of aliphatic hydroxyl groups is 1. The molecular weight excluding hydrogens is 568 g/mol. The van der Waals surface area contributed by atoms with Crippen molar-refractivity contribution in [2.75, 3.05) is 19.9 Å². The van der Waals surface area contributed by atoms with Crippen LogP contribution in [0.3, 0.4) is 0 Å². The summed E-state index contributed by atoms with van der Waals surface area (Å²) in [5.74, 6) is 0.483. The summed E-state index contributed by atoms with van der Waals surface area (Å²) in [4.78, 5) is 45.7. The van der Waals surface area contributed by atoms with Gasteiger partial charge in [0.25, 0.3) is 5.56 Å². The number of rotatable bonds is 4. The second kappa shape index (κ2) is 10.2. The Morgan fingerprint density at radius 2 is 1.84 bits per heavy atom. The molecule has 4 aliphatic heterocycles. The molecule has 0 saturated carbocycles. The standard InChI is InChI=1S/C32H36N4O8/c1-5-32(40)22-11-24-27-20(14-36(24)28(37)21(22)15-41-29(32)38)19(18-10-25-26(43-16-42-25)12-23(18)34-27)13-33-17-6-8-35(9-7-17)30(39)44-31(2,3)4/h10-12,17,33,40H,5-9,13-16H2,1-4H3/t32-/m0/s1. The molecule has 1 saturated heterocycles. The number of benzene rings is 1. The number of nitrogens with zero attached hydrogens (tertiary/aromatic N) is 3. The van der Waals surface area contributed by atoms with Crippen molar-refractivity contribution < 1.29 is 33.6 Å². The van der Waals surface area contributed by atoms with Crippen LogP contribution in [-0.4, -0.2) is 63.1 Å². The van der Waals surface area contributed by atoms with E-state index in [2.05, 4.69) is 5.32 Å². The van der Waals surface area contributed by atoms with Crippen LogP contribution >= 0.6 is 0 Å². The van der Waals surface area contributed by atoms with Gasteiger partial charge in [-0.2, -0.15) is 0 Å². The predicted molar refractivity (Wildman–Crippen MR) is 158 cm³/mol. The largest absolute Gasteiger partial charge is 0.458 e. The van der Waals surface area contributed by atoms with Crippen molar-refractivity contribution in [1.82, 2.24) is 19.8 Å². The smallest absolute Gasteiger partial charge is 0.410 e. The minimum atomic E-state index is -1.90. The van der Waals surface area contributed by atoms with Crippen LogP contribution in [0.5, 0.6) is 11.5 Å². The van der Waals surface area contributed by atoms with Gasteiger partial charge < -0.3 is 38.8 Å². The number of nitrogens with one attached hydrogen (secondary N) is 1. The molecule has 1 aromatic carbocycles. The van der Waals surface area contributed by atoms with E-state index in [-0.39, 0.29) is 48.6 Å². The second-order valence-electron chi connectivity index (χ2n) is 12.9. The highest BCUT2D eigenvalue weighted by Gasteiger charge is 2.45. The highest BCUT2D eigenvalue weighted by molar-refractivity contribution is 5.91. The molecule has 6 heterocycles. The van der Waals surface area contributed by atoms with Crippen LogP contribution in [0.1, 0.15) is 69.2 Å². The lowest BCUT2D eigenvalue weighted by molar-refractivity contribution is -0.172. The predicted octanol–water partition coefficient (Wildman–Crippen LogP) is 3.30. The van der Waals surface area contributed by atoms with Crippen LogP contribution in [0.15, 0.2) is 23.0 Å². The van der Waals surface area contributed by atoms with Crippen LogP contribution in [0.25, 0.3) is 22.3 Å². The molecule has 12 nitrogen and oxygen atoms in total. The molecule has 44 heavy (non-hydrogen) atoms. The van der Waals surface area contributed by atoms with Crippen LogP contribution in [-0.2, 0) is 39.6 Å². The average molecular weight is 605 g/mol. The van der Waals surface area contributed by atoms with Crippen molar-refractivity contribution in [2.45, 2.75) is 83.9 Å². The quantitative estimate of drug-likeness (QED) is 0.333. The van der Waals surface area contributed by atoms with Gasteiger partial charge in [0.1, 0.15) is 12.2 Å². The third-order valence-corrected chi connectivity index (χ3v) is 9.01. The van der Waals surface area contributed by atoms with Crippen molar-refractivity contribution in [2.24, 2.45) is 0 Å². The maximum atomic E-state index is 13.8. The topological polar surface area (TPSA) is 141 Å². The number of esters is 1. The number of aromatic nitrogens is 2. The summed E-state index contributed by atoms with van der Waals surface area (Å²) in [5, 5.41) is 15.8. The number of piperidine rings is 1. The summed E-state index contributed by atoms with van der Waals surface area (Å²) in [6.45, 7) is 9.20. The van der Waals surface area contributed by atoms with Crippen molar-refractivity contribution in [3.63, 3.8) is 0 Å². The summed E-state index contributed by atoms with van der Waals surface area (Å²) in [7, 11) is 0. The Kier molecular flexibility index (Phi) is 6.63. The third-order valence-electron chi connectivity index (χ3n) is 9.01. The Labute approximate surface area is 253 Å². The first-order valence-electron chi connectivity index (χ1n) is 15.1. The fourth-order valence-electron chi connectivity index (χ4n) is 6.59. The number of ether oxygens (including phenoxy) is 4. The first kappa shape index (κ1) is 28.6. The van der Waals surface area contributed by atoms with Crippen LogP contribution in [0, 0.1) is 0 Å². The first-order chi connectivity index (χ1) is 21.0. The van der Waals surface area contributed by atoms with Gasteiger partial charge in [0, 0.05) is 48.3 Å². The van der Waals surface area contributed by atoms with Crippen LogP contribution in [0.4, 0.5) is 4.79 Å². The summed E-state index contributed by atoms with van der Waals surface area (Å²) in [6, 6.07) is 5.68. The molecule has 0 spiro atoms. The molecule has 1 amide bonds. The van der Waals surface area contributed by atoms with Crippen LogP contribution < -0.4 is 20.3 Å². The van der Waals surface area contributed by atoms with Gasteiger partial charge in [0.15, 0.2) is 17.1 Å².